The van der Waals surface area contributed by atoms with Crippen LogP contribution >= 0.6 is 0 Å². The molecule has 0 saturated heterocycles. The third-order valence-electron chi connectivity index (χ3n) is 3.34. The van der Waals surface area contributed by atoms with Gasteiger partial charge in [0.25, 0.3) is 0 Å². The Kier molecular flexibility index (Phi) is 4.30. The molecule has 0 aliphatic heterocycles. The van der Waals surface area contributed by atoms with Crippen LogP contribution in [0.5, 0.6) is 0 Å². The van der Waals surface area contributed by atoms with E-state index in [0.29, 0.717) is 0 Å². The molecule has 2 aromatic rings. The molecule has 0 atom stereocenters. The summed E-state index contributed by atoms with van der Waals surface area (Å²) >= 11 is 0. The predicted octanol–water partition coefficient (Wildman–Crippen LogP) is 3.30. The number of nitrogens with zero attached hydrogens (tertiary/aromatic N) is 4. The van der Waals surface area contributed by atoms with Crippen LogP contribution in [0.15, 0.2) is 12.4 Å². The third-order valence-corrected chi connectivity index (χ3v) is 3.34. The standard InChI is InChI=1S/C16H25N5/c1-7-8-17-14-11(2)13(12-9-18-21(6)10-12)19-15(20-14)16(3,4)5/h9-10H,7-8H2,1-6H3,(H,17,19,20). The molecule has 0 aliphatic rings. The van der Waals surface area contributed by atoms with Crippen LogP contribution in [-0.2, 0) is 12.5 Å². The van der Waals surface area contributed by atoms with E-state index in [4.69, 9.17) is 9.97 Å². The zero-order valence-electron chi connectivity index (χ0n) is 13.9. The van der Waals surface area contributed by atoms with E-state index in [1.54, 1.807) is 4.68 Å². The average Bonchev–Trinajstić information content (AvgIpc) is 2.82. The van der Waals surface area contributed by atoms with Gasteiger partial charge in [0.2, 0.25) is 0 Å². The highest BCUT2D eigenvalue weighted by atomic mass is 15.2. The number of nitrogens with one attached hydrogen (secondary N) is 1. The van der Waals surface area contributed by atoms with Crippen LogP contribution in [-0.4, -0.2) is 26.3 Å². The Hall–Kier alpha value is -1.91. The van der Waals surface area contributed by atoms with Crippen molar-refractivity contribution in [2.45, 2.75) is 46.5 Å². The van der Waals surface area contributed by atoms with Gasteiger partial charge in [-0.05, 0) is 13.3 Å². The van der Waals surface area contributed by atoms with Gasteiger partial charge in [-0.15, -0.1) is 0 Å². The Balaban J connectivity index is 2.57. The summed E-state index contributed by atoms with van der Waals surface area (Å²) < 4.78 is 1.80. The summed E-state index contributed by atoms with van der Waals surface area (Å²) in [5.41, 5.74) is 2.97. The lowest BCUT2D eigenvalue weighted by Crippen LogP contribution is -2.19. The lowest BCUT2D eigenvalue weighted by Gasteiger charge is -2.20. The molecule has 0 aliphatic carbocycles. The normalized spacial score (nSPS) is 11.7. The Morgan fingerprint density at radius 1 is 1.24 bits per heavy atom. The van der Waals surface area contributed by atoms with Crippen molar-refractivity contribution >= 4 is 5.82 Å². The molecule has 2 aromatic heterocycles. The largest absolute Gasteiger partial charge is 0.370 e. The lowest BCUT2D eigenvalue weighted by atomic mass is 9.95. The van der Waals surface area contributed by atoms with E-state index in [-0.39, 0.29) is 5.41 Å². The van der Waals surface area contributed by atoms with Gasteiger partial charge >= 0.3 is 0 Å². The summed E-state index contributed by atoms with van der Waals surface area (Å²) in [5.74, 6) is 1.78. The summed E-state index contributed by atoms with van der Waals surface area (Å²) in [6.07, 6.45) is 4.91. The molecule has 1 N–H and O–H groups in total. The van der Waals surface area contributed by atoms with Gasteiger partial charge in [0, 0.05) is 36.3 Å². The number of aromatic nitrogens is 4. The summed E-state index contributed by atoms with van der Waals surface area (Å²) in [5, 5.41) is 7.67. The highest BCUT2D eigenvalue weighted by Gasteiger charge is 2.22. The van der Waals surface area contributed by atoms with Gasteiger partial charge in [-0.25, -0.2) is 9.97 Å². The Morgan fingerprint density at radius 2 is 1.95 bits per heavy atom. The molecule has 0 bridgehead atoms. The predicted molar refractivity (Wildman–Crippen MR) is 86.5 cm³/mol. The molecule has 0 amide bonds. The fourth-order valence-electron chi connectivity index (χ4n) is 2.09. The van der Waals surface area contributed by atoms with Crippen LogP contribution in [0.25, 0.3) is 11.3 Å². The Labute approximate surface area is 126 Å². The lowest BCUT2D eigenvalue weighted by molar-refractivity contribution is 0.546. The summed E-state index contributed by atoms with van der Waals surface area (Å²) in [7, 11) is 1.92. The fourth-order valence-corrected chi connectivity index (χ4v) is 2.09. The van der Waals surface area contributed by atoms with E-state index < -0.39 is 0 Å². The van der Waals surface area contributed by atoms with Gasteiger partial charge in [-0.3, -0.25) is 4.68 Å². The maximum absolute atomic E-state index is 4.79. The average molecular weight is 287 g/mol. The quantitative estimate of drug-likeness (QED) is 0.937. The first kappa shape index (κ1) is 15.5. The monoisotopic (exact) mass is 287 g/mol. The molecule has 114 valence electrons. The fraction of sp³-hybridized carbons (Fsp3) is 0.562. The third kappa shape index (κ3) is 3.40. The highest BCUT2D eigenvalue weighted by molar-refractivity contribution is 5.67. The molecule has 5 heteroatoms. The molecule has 0 radical (unpaired) electrons. The second kappa shape index (κ2) is 5.84. The molecular formula is C16H25N5. The molecule has 0 spiro atoms. The van der Waals surface area contributed by atoms with Crippen molar-refractivity contribution in [1.82, 2.24) is 19.7 Å². The summed E-state index contributed by atoms with van der Waals surface area (Å²) in [6.45, 7) is 11.5. The summed E-state index contributed by atoms with van der Waals surface area (Å²) in [4.78, 5) is 9.52. The van der Waals surface area contributed by atoms with Crippen molar-refractivity contribution < 1.29 is 0 Å². The van der Waals surface area contributed by atoms with Gasteiger partial charge in [0.05, 0.1) is 11.9 Å². The zero-order valence-corrected chi connectivity index (χ0v) is 13.9. The first-order valence-electron chi connectivity index (χ1n) is 7.45. The van der Waals surface area contributed by atoms with Crippen molar-refractivity contribution in [3.8, 4) is 11.3 Å². The number of hydrogen-bond acceptors (Lipinski definition) is 4. The SMILES string of the molecule is CCCNc1nc(C(C)(C)C)nc(-c2cnn(C)c2)c1C. The molecule has 2 rings (SSSR count). The minimum absolute atomic E-state index is 0.0900. The van der Waals surface area contributed by atoms with Crippen molar-refractivity contribution in [2.75, 3.05) is 11.9 Å². The van der Waals surface area contributed by atoms with Crippen LogP contribution in [0.2, 0.25) is 0 Å². The van der Waals surface area contributed by atoms with E-state index in [2.05, 4.69) is 45.0 Å². The molecule has 5 nitrogen and oxygen atoms in total. The Bertz CT molecular complexity index is 622. The van der Waals surface area contributed by atoms with Crippen LogP contribution in [0.4, 0.5) is 5.82 Å². The van der Waals surface area contributed by atoms with Crippen LogP contribution in [0.3, 0.4) is 0 Å². The van der Waals surface area contributed by atoms with Crippen LogP contribution in [0, 0.1) is 6.92 Å². The molecule has 0 saturated carbocycles. The van der Waals surface area contributed by atoms with Gasteiger partial charge in [-0.2, -0.15) is 5.10 Å². The van der Waals surface area contributed by atoms with Crippen molar-refractivity contribution in [3.63, 3.8) is 0 Å². The molecule has 0 aromatic carbocycles. The molecule has 2 heterocycles. The van der Waals surface area contributed by atoms with E-state index in [0.717, 1.165) is 41.4 Å². The maximum atomic E-state index is 4.79. The summed E-state index contributed by atoms with van der Waals surface area (Å²) in [6, 6.07) is 0. The second-order valence-electron chi connectivity index (χ2n) is 6.45. The van der Waals surface area contributed by atoms with Crippen molar-refractivity contribution in [1.29, 1.82) is 0 Å². The highest BCUT2D eigenvalue weighted by Crippen LogP contribution is 2.29. The van der Waals surface area contributed by atoms with Gasteiger partial charge < -0.3 is 5.32 Å². The van der Waals surface area contributed by atoms with Gasteiger partial charge in [-0.1, -0.05) is 27.7 Å². The molecule has 0 unspecified atom stereocenters. The first-order valence-corrected chi connectivity index (χ1v) is 7.45. The van der Waals surface area contributed by atoms with Gasteiger partial charge in [0.1, 0.15) is 11.6 Å². The van der Waals surface area contributed by atoms with E-state index in [9.17, 15) is 0 Å². The molecular weight excluding hydrogens is 262 g/mol. The second-order valence-corrected chi connectivity index (χ2v) is 6.45. The Morgan fingerprint density at radius 3 is 2.48 bits per heavy atom. The van der Waals surface area contributed by atoms with E-state index in [1.165, 1.54) is 0 Å². The number of aryl methyl sites for hydroxylation is 1. The number of anilines is 1. The van der Waals surface area contributed by atoms with Crippen LogP contribution < -0.4 is 5.32 Å². The first-order chi connectivity index (χ1) is 9.82. The minimum atomic E-state index is -0.0900. The van der Waals surface area contributed by atoms with Gasteiger partial charge in [0.15, 0.2) is 0 Å². The maximum Gasteiger partial charge on any atom is 0.136 e. The van der Waals surface area contributed by atoms with E-state index >= 15 is 0 Å². The van der Waals surface area contributed by atoms with E-state index in [1.807, 2.05) is 19.4 Å². The molecule has 21 heavy (non-hydrogen) atoms. The minimum Gasteiger partial charge on any atom is -0.370 e. The van der Waals surface area contributed by atoms with Crippen molar-refractivity contribution in [2.24, 2.45) is 7.05 Å². The van der Waals surface area contributed by atoms with Crippen molar-refractivity contribution in [3.05, 3.63) is 23.8 Å². The zero-order chi connectivity index (χ0) is 15.6. The smallest absolute Gasteiger partial charge is 0.136 e. The number of hydrogen-bond donors (Lipinski definition) is 1. The molecule has 0 fully saturated rings. The number of rotatable bonds is 4. The topological polar surface area (TPSA) is 55.6 Å². The van der Waals surface area contributed by atoms with Crippen LogP contribution in [0.1, 0.15) is 45.5 Å².